The van der Waals surface area contributed by atoms with Crippen LogP contribution in [0.3, 0.4) is 0 Å². The van der Waals surface area contributed by atoms with Gasteiger partial charge in [-0.3, -0.25) is 9.78 Å². The van der Waals surface area contributed by atoms with Crippen LogP contribution in [0.15, 0.2) is 61.3 Å². The van der Waals surface area contributed by atoms with Crippen LogP contribution in [0, 0.1) is 0 Å². The molecule has 0 saturated heterocycles. The van der Waals surface area contributed by atoms with Gasteiger partial charge in [0.05, 0.1) is 17.3 Å². The van der Waals surface area contributed by atoms with Crippen molar-refractivity contribution in [3.05, 3.63) is 78.1 Å². The van der Waals surface area contributed by atoms with Gasteiger partial charge in [-0.1, -0.05) is 12.1 Å². The van der Waals surface area contributed by atoms with Crippen molar-refractivity contribution in [1.29, 1.82) is 0 Å². The number of hydrogen-bond acceptors (Lipinski definition) is 5. The van der Waals surface area contributed by atoms with Gasteiger partial charge in [0, 0.05) is 42.3 Å². The van der Waals surface area contributed by atoms with Gasteiger partial charge >= 0.3 is 0 Å². The molecule has 1 atom stereocenters. The van der Waals surface area contributed by atoms with Crippen molar-refractivity contribution < 1.29 is 9.90 Å². The number of carbonyl (C=O) groups excluding carboxylic acids is 1. The van der Waals surface area contributed by atoms with E-state index in [0.717, 1.165) is 22.4 Å². The fourth-order valence-corrected chi connectivity index (χ4v) is 2.86. The van der Waals surface area contributed by atoms with Crippen LogP contribution < -0.4 is 0 Å². The minimum Gasteiger partial charge on any atom is -0.386 e. The molecule has 0 spiro atoms. The lowest BCUT2D eigenvalue weighted by Crippen LogP contribution is -2.30. The van der Waals surface area contributed by atoms with Gasteiger partial charge < -0.3 is 10.0 Å². The third-order valence-corrected chi connectivity index (χ3v) is 4.84. The fraction of sp³-hybridized carbons (Fsp3) is 0.273. The Morgan fingerprint density at radius 2 is 1.79 bits per heavy atom. The minimum absolute atomic E-state index is 0.0824. The maximum atomic E-state index is 12.8. The highest BCUT2D eigenvalue weighted by Gasteiger charge is 2.20. The third-order valence-electron chi connectivity index (χ3n) is 4.84. The SMILES string of the molecule is CC(c1ccncn1)N(C)C(=O)c1ccc(-c2cncc(C(C)(C)O)c2)cc1. The van der Waals surface area contributed by atoms with E-state index in [9.17, 15) is 9.90 Å². The first-order valence-corrected chi connectivity index (χ1v) is 9.09. The highest BCUT2D eigenvalue weighted by Crippen LogP contribution is 2.26. The lowest BCUT2D eigenvalue weighted by molar-refractivity contribution is 0.0739. The molecule has 1 aromatic carbocycles. The van der Waals surface area contributed by atoms with Crippen molar-refractivity contribution in [2.45, 2.75) is 32.4 Å². The molecule has 1 N–H and O–H groups in total. The summed E-state index contributed by atoms with van der Waals surface area (Å²) in [6, 6.07) is 10.9. The maximum Gasteiger partial charge on any atom is 0.254 e. The topological polar surface area (TPSA) is 79.2 Å². The third kappa shape index (κ3) is 4.23. The molecule has 1 unspecified atom stereocenters. The normalized spacial score (nSPS) is 12.5. The number of pyridine rings is 1. The van der Waals surface area contributed by atoms with Crippen molar-refractivity contribution in [2.24, 2.45) is 0 Å². The predicted octanol–water partition coefficient (Wildman–Crippen LogP) is 3.60. The van der Waals surface area contributed by atoms with E-state index in [2.05, 4.69) is 15.0 Å². The van der Waals surface area contributed by atoms with Gasteiger partial charge in [-0.15, -0.1) is 0 Å². The number of aliphatic hydroxyl groups is 1. The number of aromatic nitrogens is 3. The molecule has 3 rings (SSSR count). The molecule has 0 bridgehead atoms. The first-order chi connectivity index (χ1) is 13.3. The van der Waals surface area contributed by atoms with Gasteiger partial charge in [-0.2, -0.15) is 0 Å². The quantitative estimate of drug-likeness (QED) is 0.736. The zero-order valence-electron chi connectivity index (χ0n) is 16.5. The van der Waals surface area contributed by atoms with Crippen molar-refractivity contribution >= 4 is 5.91 Å². The summed E-state index contributed by atoms with van der Waals surface area (Å²) in [5.74, 6) is -0.0824. The molecular weight excluding hydrogens is 352 g/mol. The average molecular weight is 376 g/mol. The Labute approximate surface area is 164 Å². The summed E-state index contributed by atoms with van der Waals surface area (Å²) in [6.45, 7) is 5.39. The summed E-state index contributed by atoms with van der Waals surface area (Å²) in [5, 5.41) is 10.2. The molecular formula is C22H24N4O2. The smallest absolute Gasteiger partial charge is 0.254 e. The Morgan fingerprint density at radius 1 is 1.07 bits per heavy atom. The number of carbonyl (C=O) groups is 1. The summed E-state index contributed by atoms with van der Waals surface area (Å²) in [6.07, 6.45) is 6.55. The molecule has 2 aromatic heterocycles. The van der Waals surface area contributed by atoms with Gasteiger partial charge in [-0.25, -0.2) is 9.97 Å². The predicted molar refractivity (Wildman–Crippen MR) is 107 cm³/mol. The molecule has 0 aliphatic carbocycles. The Hall–Kier alpha value is -3.12. The van der Waals surface area contributed by atoms with Crippen molar-refractivity contribution in [1.82, 2.24) is 19.9 Å². The first-order valence-electron chi connectivity index (χ1n) is 9.09. The van der Waals surface area contributed by atoms with E-state index >= 15 is 0 Å². The minimum atomic E-state index is -0.960. The van der Waals surface area contributed by atoms with Crippen LogP contribution in [0.5, 0.6) is 0 Å². The second-order valence-electron chi connectivity index (χ2n) is 7.32. The van der Waals surface area contributed by atoms with Gasteiger partial charge in [-0.05, 0) is 50.6 Å². The van der Waals surface area contributed by atoms with Gasteiger partial charge in [0.25, 0.3) is 5.91 Å². The lowest BCUT2D eigenvalue weighted by atomic mass is 9.96. The van der Waals surface area contributed by atoms with E-state index in [4.69, 9.17) is 0 Å². The Morgan fingerprint density at radius 3 is 2.39 bits per heavy atom. The molecule has 2 heterocycles. The summed E-state index contributed by atoms with van der Waals surface area (Å²) in [4.78, 5) is 26.9. The number of benzene rings is 1. The molecule has 0 aliphatic rings. The molecule has 0 fully saturated rings. The summed E-state index contributed by atoms with van der Waals surface area (Å²) >= 11 is 0. The van der Waals surface area contributed by atoms with Gasteiger partial charge in [0.1, 0.15) is 6.33 Å². The molecule has 0 saturated carbocycles. The van der Waals surface area contributed by atoms with Crippen LogP contribution in [0.25, 0.3) is 11.1 Å². The largest absolute Gasteiger partial charge is 0.386 e. The Bertz CT molecular complexity index is 950. The lowest BCUT2D eigenvalue weighted by Gasteiger charge is -2.24. The molecule has 6 heteroatoms. The van der Waals surface area contributed by atoms with Crippen LogP contribution in [-0.4, -0.2) is 37.9 Å². The number of nitrogens with zero attached hydrogens (tertiary/aromatic N) is 4. The van der Waals surface area contributed by atoms with E-state index < -0.39 is 5.60 Å². The Kier molecular flexibility index (Phi) is 5.51. The molecule has 3 aromatic rings. The van der Waals surface area contributed by atoms with Crippen molar-refractivity contribution in [3.8, 4) is 11.1 Å². The molecule has 1 amide bonds. The number of rotatable bonds is 5. The van der Waals surface area contributed by atoms with E-state index in [-0.39, 0.29) is 11.9 Å². The molecule has 144 valence electrons. The molecule has 6 nitrogen and oxygen atoms in total. The second-order valence-corrected chi connectivity index (χ2v) is 7.32. The highest BCUT2D eigenvalue weighted by molar-refractivity contribution is 5.94. The summed E-state index contributed by atoms with van der Waals surface area (Å²) in [7, 11) is 1.76. The molecule has 0 aliphatic heterocycles. The molecule has 28 heavy (non-hydrogen) atoms. The standard InChI is InChI=1S/C22H24N4O2/c1-15(20-9-10-23-14-25-20)26(4)21(27)17-7-5-16(6-8-17)18-11-19(13-24-12-18)22(2,3)28/h5-15,28H,1-4H3. The molecule has 0 radical (unpaired) electrons. The second kappa shape index (κ2) is 7.86. The number of hydrogen-bond donors (Lipinski definition) is 1. The van der Waals surface area contributed by atoms with E-state index in [1.165, 1.54) is 6.33 Å². The van der Waals surface area contributed by atoms with E-state index in [1.54, 1.807) is 62.6 Å². The van der Waals surface area contributed by atoms with Crippen LogP contribution in [0.1, 0.15) is 48.4 Å². The van der Waals surface area contributed by atoms with E-state index in [0.29, 0.717) is 5.56 Å². The van der Waals surface area contributed by atoms with Gasteiger partial charge in [0.15, 0.2) is 0 Å². The zero-order valence-corrected chi connectivity index (χ0v) is 16.5. The first kappa shape index (κ1) is 19.6. The fourth-order valence-electron chi connectivity index (χ4n) is 2.86. The van der Waals surface area contributed by atoms with Crippen molar-refractivity contribution in [3.63, 3.8) is 0 Å². The highest BCUT2D eigenvalue weighted by atomic mass is 16.3. The maximum absolute atomic E-state index is 12.8. The van der Waals surface area contributed by atoms with Gasteiger partial charge in [0.2, 0.25) is 0 Å². The average Bonchev–Trinajstić information content (AvgIpc) is 2.72. The number of amides is 1. The van der Waals surface area contributed by atoms with Crippen LogP contribution >= 0.6 is 0 Å². The van der Waals surface area contributed by atoms with Crippen LogP contribution in [-0.2, 0) is 5.60 Å². The van der Waals surface area contributed by atoms with Crippen LogP contribution in [0.4, 0.5) is 0 Å². The van der Waals surface area contributed by atoms with Crippen LogP contribution in [0.2, 0.25) is 0 Å². The summed E-state index contributed by atoms with van der Waals surface area (Å²) < 4.78 is 0. The Balaban J connectivity index is 1.80. The van der Waals surface area contributed by atoms with Crippen molar-refractivity contribution in [2.75, 3.05) is 7.05 Å². The van der Waals surface area contributed by atoms with E-state index in [1.807, 2.05) is 25.1 Å². The monoisotopic (exact) mass is 376 g/mol. The summed E-state index contributed by atoms with van der Waals surface area (Å²) in [5.41, 5.74) is 2.99. The zero-order chi connectivity index (χ0) is 20.3.